The van der Waals surface area contributed by atoms with Crippen LogP contribution in [0.5, 0.6) is 0 Å². The van der Waals surface area contributed by atoms with Gasteiger partial charge in [0.15, 0.2) is 0 Å². The molecule has 0 N–H and O–H groups in total. The molecular weight excluding hydrogens is 262 g/mol. The van der Waals surface area contributed by atoms with Gasteiger partial charge in [-0.1, -0.05) is 20.8 Å². The van der Waals surface area contributed by atoms with Gasteiger partial charge in [-0.05, 0) is 32.0 Å². The zero-order valence-electron chi connectivity index (χ0n) is 13.9. The minimum atomic E-state index is 0.000211. The van der Waals surface area contributed by atoms with Gasteiger partial charge in [0.05, 0.1) is 11.0 Å². The molecule has 1 amide bonds. The Hall–Kier alpha value is -1.84. The third-order valence-corrected chi connectivity index (χ3v) is 3.73. The van der Waals surface area contributed by atoms with Crippen LogP contribution in [0.25, 0.3) is 11.0 Å². The molecule has 0 fully saturated rings. The molecule has 1 heterocycles. The zero-order valence-corrected chi connectivity index (χ0v) is 13.9. The van der Waals surface area contributed by atoms with Crippen LogP contribution in [0.3, 0.4) is 0 Å². The summed E-state index contributed by atoms with van der Waals surface area (Å²) in [6.45, 7) is 13.8. The summed E-state index contributed by atoms with van der Waals surface area (Å²) < 4.78 is 2.25. The summed E-state index contributed by atoms with van der Waals surface area (Å²) in [7, 11) is 0. The third-order valence-electron chi connectivity index (χ3n) is 3.73. The van der Waals surface area contributed by atoms with Gasteiger partial charge in [-0.3, -0.25) is 4.79 Å². The van der Waals surface area contributed by atoms with Gasteiger partial charge in [0.2, 0.25) is 5.91 Å². The van der Waals surface area contributed by atoms with Gasteiger partial charge in [-0.15, -0.1) is 0 Å². The Morgan fingerprint density at radius 2 is 1.95 bits per heavy atom. The lowest BCUT2D eigenvalue weighted by molar-refractivity contribution is -0.116. The van der Waals surface area contributed by atoms with Crippen molar-refractivity contribution in [3.63, 3.8) is 0 Å². The van der Waals surface area contributed by atoms with E-state index in [1.165, 1.54) is 0 Å². The molecule has 0 spiro atoms. The van der Waals surface area contributed by atoms with Crippen molar-refractivity contribution in [3.8, 4) is 0 Å². The van der Waals surface area contributed by atoms with Crippen molar-refractivity contribution in [2.24, 2.45) is 0 Å². The average Bonchev–Trinajstić information content (AvgIpc) is 2.76. The molecule has 0 aliphatic heterocycles. The summed E-state index contributed by atoms with van der Waals surface area (Å²) in [5.41, 5.74) is 3.00. The van der Waals surface area contributed by atoms with Gasteiger partial charge >= 0.3 is 0 Å². The second kappa shape index (κ2) is 5.51. The first-order valence-corrected chi connectivity index (χ1v) is 7.58. The first kappa shape index (κ1) is 15.5. The molecule has 0 aliphatic carbocycles. The van der Waals surface area contributed by atoms with Crippen LogP contribution >= 0.6 is 0 Å². The predicted octanol–water partition coefficient (Wildman–Crippen LogP) is 3.73. The Morgan fingerprint density at radius 1 is 1.29 bits per heavy atom. The quantitative estimate of drug-likeness (QED) is 0.862. The number of aromatic nitrogens is 2. The normalized spacial score (nSPS) is 11.9. The highest BCUT2D eigenvalue weighted by Gasteiger charge is 2.22. The summed E-state index contributed by atoms with van der Waals surface area (Å²) >= 11 is 0. The van der Waals surface area contributed by atoms with Crippen LogP contribution in [0.1, 0.15) is 47.4 Å². The van der Waals surface area contributed by atoms with Crippen molar-refractivity contribution in [1.29, 1.82) is 0 Å². The van der Waals surface area contributed by atoms with E-state index in [9.17, 15) is 4.79 Å². The number of carbonyl (C=O) groups excluding carboxylic acids is 1. The van der Waals surface area contributed by atoms with Crippen molar-refractivity contribution >= 4 is 22.6 Å². The minimum Gasteiger partial charge on any atom is -0.328 e. The Labute approximate surface area is 126 Å². The van der Waals surface area contributed by atoms with E-state index in [-0.39, 0.29) is 11.3 Å². The molecule has 21 heavy (non-hydrogen) atoms. The number of fused-ring (bicyclic) bond motifs is 1. The smallest absolute Gasteiger partial charge is 0.223 e. The van der Waals surface area contributed by atoms with E-state index in [2.05, 4.69) is 38.3 Å². The van der Waals surface area contributed by atoms with Gasteiger partial charge in [-0.25, -0.2) is 4.98 Å². The second-order valence-electron chi connectivity index (χ2n) is 6.37. The Balaban J connectivity index is 2.62. The number of rotatable bonds is 3. The second-order valence-corrected chi connectivity index (χ2v) is 6.37. The van der Waals surface area contributed by atoms with Gasteiger partial charge in [-0.2, -0.15) is 0 Å². The first-order chi connectivity index (χ1) is 9.79. The summed E-state index contributed by atoms with van der Waals surface area (Å²) in [5.74, 6) is 1.14. The molecule has 2 rings (SSSR count). The molecule has 0 unspecified atom stereocenters. The maximum absolute atomic E-state index is 11.7. The molecule has 0 saturated carbocycles. The van der Waals surface area contributed by atoms with E-state index >= 15 is 0 Å². The average molecular weight is 287 g/mol. The van der Waals surface area contributed by atoms with Crippen LogP contribution in [0.15, 0.2) is 18.2 Å². The minimum absolute atomic E-state index is 0.000211. The molecule has 0 saturated heterocycles. The molecule has 2 aromatic rings. The topological polar surface area (TPSA) is 38.1 Å². The largest absolute Gasteiger partial charge is 0.328 e. The summed E-state index contributed by atoms with van der Waals surface area (Å²) in [4.78, 5) is 18.3. The fourth-order valence-corrected chi connectivity index (χ4v) is 2.77. The highest BCUT2D eigenvalue weighted by molar-refractivity contribution is 5.93. The standard InChI is InChI=1S/C17H25N3O/c1-7-19(12(3)21)13-9-10-15-14(11-13)18-16(17(4,5)6)20(15)8-2/h9-11H,7-8H2,1-6H3. The van der Waals surface area contributed by atoms with Crippen molar-refractivity contribution in [1.82, 2.24) is 9.55 Å². The SMILES string of the molecule is CCN(C(C)=O)c1ccc2c(c1)nc(C(C)(C)C)n2CC. The van der Waals surface area contributed by atoms with Crippen LogP contribution in [0, 0.1) is 0 Å². The number of nitrogens with zero attached hydrogens (tertiary/aromatic N) is 3. The molecule has 4 nitrogen and oxygen atoms in total. The van der Waals surface area contributed by atoms with Gasteiger partial charge < -0.3 is 9.47 Å². The summed E-state index contributed by atoms with van der Waals surface area (Å²) in [5, 5.41) is 0. The molecule has 1 aromatic heterocycles. The van der Waals surface area contributed by atoms with Crippen LogP contribution < -0.4 is 4.90 Å². The van der Waals surface area contributed by atoms with Gasteiger partial charge in [0, 0.05) is 31.1 Å². The van der Waals surface area contributed by atoms with Gasteiger partial charge in [0.25, 0.3) is 0 Å². The lowest BCUT2D eigenvalue weighted by Gasteiger charge is -2.19. The maximum atomic E-state index is 11.7. The number of aryl methyl sites for hydroxylation is 1. The first-order valence-electron chi connectivity index (χ1n) is 7.58. The van der Waals surface area contributed by atoms with Crippen molar-refractivity contribution in [3.05, 3.63) is 24.0 Å². The van der Waals surface area contributed by atoms with E-state index in [4.69, 9.17) is 4.98 Å². The van der Waals surface area contributed by atoms with E-state index in [1.807, 2.05) is 19.1 Å². The Bertz CT molecular complexity index is 664. The number of anilines is 1. The molecular formula is C17H25N3O. The van der Waals surface area contributed by atoms with Crippen LogP contribution in [-0.2, 0) is 16.8 Å². The van der Waals surface area contributed by atoms with E-state index in [1.54, 1.807) is 11.8 Å². The summed E-state index contributed by atoms with van der Waals surface area (Å²) in [6.07, 6.45) is 0. The van der Waals surface area contributed by atoms with E-state index in [0.717, 1.165) is 29.1 Å². The molecule has 0 atom stereocenters. The van der Waals surface area contributed by atoms with Crippen molar-refractivity contribution in [2.45, 2.75) is 53.5 Å². The maximum Gasteiger partial charge on any atom is 0.223 e. The number of hydrogen-bond donors (Lipinski definition) is 0. The molecule has 0 aliphatic rings. The lowest BCUT2D eigenvalue weighted by atomic mass is 9.96. The summed E-state index contributed by atoms with van der Waals surface area (Å²) in [6, 6.07) is 6.09. The molecule has 0 radical (unpaired) electrons. The van der Waals surface area contributed by atoms with E-state index in [0.29, 0.717) is 6.54 Å². The lowest BCUT2D eigenvalue weighted by Crippen LogP contribution is -2.27. The molecule has 114 valence electrons. The molecule has 4 heteroatoms. The predicted molar refractivity (Wildman–Crippen MR) is 87.8 cm³/mol. The number of benzene rings is 1. The highest BCUT2D eigenvalue weighted by Crippen LogP contribution is 2.28. The van der Waals surface area contributed by atoms with Crippen molar-refractivity contribution in [2.75, 3.05) is 11.4 Å². The fourth-order valence-electron chi connectivity index (χ4n) is 2.77. The fraction of sp³-hybridized carbons (Fsp3) is 0.529. The Morgan fingerprint density at radius 3 is 2.43 bits per heavy atom. The highest BCUT2D eigenvalue weighted by atomic mass is 16.2. The number of amides is 1. The van der Waals surface area contributed by atoms with Crippen LogP contribution in [0.2, 0.25) is 0 Å². The Kier molecular flexibility index (Phi) is 4.08. The number of hydrogen-bond acceptors (Lipinski definition) is 2. The zero-order chi connectivity index (χ0) is 15.8. The van der Waals surface area contributed by atoms with Gasteiger partial charge in [0.1, 0.15) is 5.82 Å². The molecule has 0 bridgehead atoms. The third kappa shape index (κ3) is 2.80. The van der Waals surface area contributed by atoms with Crippen LogP contribution in [-0.4, -0.2) is 22.0 Å². The number of carbonyl (C=O) groups is 1. The monoisotopic (exact) mass is 287 g/mol. The van der Waals surface area contributed by atoms with Crippen LogP contribution in [0.4, 0.5) is 5.69 Å². The number of imidazole rings is 1. The molecule has 1 aromatic carbocycles. The van der Waals surface area contributed by atoms with E-state index < -0.39 is 0 Å². The van der Waals surface area contributed by atoms with Crippen molar-refractivity contribution < 1.29 is 4.79 Å².